The Morgan fingerprint density at radius 2 is 2.35 bits per heavy atom. The normalized spacial score (nSPS) is 12.1. The zero-order valence-electron chi connectivity index (χ0n) is 9.87. The van der Waals surface area contributed by atoms with Crippen LogP contribution in [0.25, 0.3) is 0 Å². The van der Waals surface area contributed by atoms with E-state index in [1.54, 1.807) is 25.6 Å². The Morgan fingerprint density at radius 3 is 3.06 bits per heavy atom. The van der Waals surface area contributed by atoms with Crippen molar-refractivity contribution in [3.05, 3.63) is 30.7 Å². The Hall–Kier alpha value is -2.11. The van der Waals surface area contributed by atoms with Gasteiger partial charge in [-0.05, 0) is 13.0 Å². The zero-order valence-corrected chi connectivity index (χ0v) is 9.87. The number of nitrogens with zero attached hydrogens (tertiary/aromatic N) is 4. The van der Waals surface area contributed by atoms with E-state index in [4.69, 9.17) is 4.74 Å². The first-order valence-corrected chi connectivity index (χ1v) is 5.39. The number of methoxy groups -OCH3 is 1. The topological polar surface area (TPSA) is 64.9 Å². The maximum atomic E-state index is 5.03. The van der Waals surface area contributed by atoms with E-state index in [1.165, 1.54) is 0 Å². The summed E-state index contributed by atoms with van der Waals surface area (Å²) >= 11 is 0. The largest absolute Gasteiger partial charge is 0.481 e. The molecule has 0 aromatic carbocycles. The van der Waals surface area contributed by atoms with Crippen LogP contribution in [-0.4, -0.2) is 32.9 Å². The fraction of sp³-hybridized carbons (Fsp3) is 0.364. The molecule has 0 saturated heterocycles. The lowest BCUT2D eigenvalue weighted by Gasteiger charge is -2.13. The lowest BCUT2D eigenvalue weighted by atomic mass is 10.3. The lowest BCUT2D eigenvalue weighted by molar-refractivity contribution is 0.397. The number of hydrogen-bond donors (Lipinski definition) is 1. The third-order valence-electron chi connectivity index (χ3n) is 2.23. The molecule has 6 nitrogen and oxygen atoms in total. The summed E-state index contributed by atoms with van der Waals surface area (Å²) in [5.74, 6) is 1.11. The number of hydrogen-bond acceptors (Lipinski definition) is 5. The van der Waals surface area contributed by atoms with E-state index in [-0.39, 0.29) is 6.04 Å². The molecule has 0 amide bonds. The van der Waals surface area contributed by atoms with Crippen LogP contribution in [0, 0.1) is 0 Å². The second kappa shape index (κ2) is 5.29. The Balaban J connectivity index is 1.95. The molecule has 0 spiro atoms. The van der Waals surface area contributed by atoms with Crippen molar-refractivity contribution >= 4 is 5.95 Å². The Labute approximate surface area is 99.7 Å². The van der Waals surface area contributed by atoms with Crippen LogP contribution in [-0.2, 0) is 6.54 Å². The molecule has 6 heteroatoms. The van der Waals surface area contributed by atoms with E-state index < -0.39 is 0 Å². The van der Waals surface area contributed by atoms with Gasteiger partial charge in [0.05, 0.1) is 13.7 Å². The maximum absolute atomic E-state index is 5.03. The SMILES string of the molecule is COc1ccnc(N[C@@H](C)Cn2cccn2)n1. The quantitative estimate of drug-likeness (QED) is 0.840. The summed E-state index contributed by atoms with van der Waals surface area (Å²) in [5.41, 5.74) is 0. The van der Waals surface area contributed by atoms with E-state index in [1.807, 2.05) is 23.9 Å². The molecular weight excluding hydrogens is 218 g/mol. The molecule has 0 radical (unpaired) electrons. The van der Waals surface area contributed by atoms with Crippen LogP contribution in [0.1, 0.15) is 6.92 Å². The first-order valence-electron chi connectivity index (χ1n) is 5.39. The second-order valence-electron chi connectivity index (χ2n) is 3.70. The van der Waals surface area contributed by atoms with Crippen molar-refractivity contribution < 1.29 is 4.74 Å². The molecular formula is C11H15N5O. The highest BCUT2D eigenvalue weighted by molar-refractivity contribution is 5.28. The first-order chi connectivity index (χ1) is 8.28. The number of aromatic nitrogens is 4. The van der Waals surface area contributed by atoms with Gasteiger partial charge < -0.3 is 10.1 Å². The lowest BCUT2D eigenvalue weighted by Crippen LogP contribution is -2.23. The Morgan fingerprint density at radius 1 is 1.47 bits per heavy atom. The summed E-state index contributed by atoms with van der Waals surface area (Å²) in [6.45, 7) is 2.80. The van der Waals surface area contributed by atoms with Gasteiger partial charge >= 0.3 is 0 Å². The third-order valence-corrected chi connectivity index (χ3v) is 2.23. The highest BCUT2D eigenvalue weighted by Gasteiger charge is 2.05. The molecule has 2 aromatic heterocycles. The van der Waals surface area contributed by atoms with Crippen molar-refractivity contribution in [1.29, 1.82) is 0 Å². The van der Waals surface area contributed by atoms with Crippen molar-refractivity contribution in [2.45, 2.75) is 19.5 Å². The number of ether oxygens (including phenoxy) is 1. The summed E-state index contributed by atoms with van der Waals surface area (Å²) in [5, 5.41) is 7.33. The maximum Gasteiger partial charge on any atom is 0.226 e. The monoisotopic (exact) mass is 233 g/mol. The molecule has 0 aliphatic carbocycles. The van der Waals surface area contributed by atoms with Crippen LogP contribution < -0.4 is 10.1 Å². The minimum atomic E-state index is 0.182. The molecule has 0 fully saturated rings. The number of anilines is 1. The van der Waals surface area contributed by atoms with Crippen molar-refractivity contribution in [2.24, 2.45) is 0 Å². The average Bonchev–Trinajstić information content (AvgIpc) is 2.82. The zero-order chi connectivity index (χ0) is 12.1. The molecule has 0 bridgehead atoms. The van der Waals surface area contributed by atoms with Crippen LogP contribution >= 0.6 is 0 Å². The second-order valence-corrected chi connectivity index (χ2v) is 3.70. The molecule has 0 aliphatic heterocycles. The van der Waals surface area contributed by atoms with Gasteiger partial charge in [-0.3, -0.25) is 4.68 Å². The highest BCUT2D eigenvalue weighted by atomic mass is 16.5. The van der Waals surface area contributed by atoms with Crippen molar-refractivity contribution in [1.82, 2.24) is 19.7 Å². The standard InChI is InChI=1S/C11H15N5O/c1-9(8-16-7-3-5-13-16)14-11-12-6-4-10(15-11)17-2/h3-7,9H,8H2,1-2H3,(H,12,14,15)/t9-/m0/s1. The minimum absolute atomic E-state index is 0.182. The van der Waals surface area contributed by atoms with Gasteiger partial charge in [-0.1, -0.05) is 0 Å². The molecule has 0 unspecified atom stereocenters. The van der Waals surface area contributed by atoms with Crippen LogP contribution in [0.2, 0.25) is 0 Å². The average molecular weight is 233 g/mol. The van der Waals surface area contributed by atoms with Crippen LogP contribution in [0.15, 0.2) is 30.7 Å². The van der Waals surface area contributed by atoms with Gasteiger partial charge in [0.2, 0.25) is 11.8 Å². The molecule has 90 valence electrons. The smallest absolute Gasteiger partial charge is 0.226 e. The first kappa shape index (κ1) is 11.4. The van der Waals surface area contributed by atoms with Gasteiger partial charge in [-0.15, -0.1) is 0 Å². The van der Waals surface area contributed by atoms with Crippen molar-refractivity contribution in [3.8, 4) is 5.88 Å². The minimum Gasteiger partial charge on any atom is -0.481 e. The molecule has 0 saturated carbocycles. The summed E-state index contributed by atoms with van der Waals surface area (Å²) in [4.78, 5) is 8.31. The van der Waals surface area contributed by atoms with Gasteiger partial charge in [0.15, 0.2) is 0 Å². The molecule has 0 aliphatic rings. The summed E-state index contributed by atoms with van der Waals surface area (Å²) in [7, 11) is 1.58. The molecule has 2 rings (SSSR count). The summed E-state index contributed by atoms with van der Waals surface area (Å²) < 4.78 is 6.89. The Bertz CT molecular complexity index is 457. The highest BCUT2D eigenvalue weighted by Crippen LogP contribution is 2.08. The van der Waals surface area contributed by atoms with Crippen molar-refractivity contribution in [3.63, 3.8) is 0 Å². The summed E-state index contributed by atoms with van der Waals surface area (Å²) in [6.07, 6.45) is 5.34. The van der Waals surface area contributed by atoms with E-state index in [9.17, 15) is 0 Å². The Kier molecular flexibility index (Phi) is 3.54. The van der Waals surface area contributed by atoms with Gasteiger partial charge in [-0.25, -0.2) is 4.98 Å². The molecule has 1 atom stereocenters. The number of nitrogens with one attached hydrogen (secondary N) is 1. The van der Waals surface area contributed by atoms with E-state index in [2.05, 4.69) is 20.4 Å². The predicted octanol–water partition coefficient (Wildman–Crippen LogP) is 1.18. The van der Waals surface area contributed by atoms with Crippen LogP contribution in [0.4, 0.5) is 5.95 Å². The fourth-order valence-corrected chi connectivity index (χ4v) is 1.48. The third kappa shape index (κ3) is 3.17. The van der Waals surface area contributed by atoms with E-state index >= 15 is 0 Å². The number of rotatable bonds is 5. The fourth-order valence-electron chi connectivity index (χ4n) is 1.48. The van der Waals surface area contributed by atoms with E-state index in [0.717, 1.165) is 6.54 Å². The molecule has 1 N–H and O–H groups in total. The van der Waals surface area contributed by atoms with Gasteiger partial charge in [0.1, 0.15) is 0 Å². The molecule has 2 heterocycles. The molecule has 2 aromatic rings. The molecule has 17 heavy (non-hydrogen) atoms. The predicted molar refractivity (Wildman–Crippen MR) is 63.9 cm³/mol. The van der Waals surface area contributed by atoms with Gasteiger partial charge in [0.25, 0.3) is 0 Å². The van der Waals surface area contributed by atoms with Crippen LogP contribution in [0.5, 0.6) is 5.88 Å². The van der Waals surface area contributed by atoms with Crippen molar-refractivity contribution in [2.75, 3.05) is 12.4 Å². The summed E-state index contributed by atoms with van der Waals surface area (Å²) in [6, 6.07) is 3.79. The van der Waals surface area contributed by atoms with Gasteiger partial charge in [0, 0.05) is 30.7 Å². The van der Waals surface area contributed by atoms with Gasteiger partial charge in [-0.2, -0.15) is 10.1 Å². The van der Waals surface area contributed by atoms with Crippen LogP contribution in [0.3, 0.4) is 0 Å². The van der Waals surface area contributed by atoms with E-state index in [0.29, 0.717) is 11.8 Å².